The summed E-state index contributed by atoms with van der Waals surface area (Å²) in [5, 5.41) is 11.1. The van der Waals surface area contributed by atoms with Crippen LogP contribution in [0.2, 0.25) is 78.6 Å². The van der Waals surface area contributed by atoms with E-state index in [1.165, 1.54) is 0 Å². The Morgan fingerprint density at radius 1 is 0.441 bits per heavy atom. The normalized spacial score (nSPS) is 14.2. The molecule has 186 valence electrons. The number of hydrogen-bond acceptors (Lipinski definition) is 4. The molecule has 34 heavy (non-hydrogen) atoms. The van der Waals surface area contributed by atoms with Gasteiger partial charge in [0.1, 0.15) is 11.4 Å². The number of nitrogens with zero attached hydrogens (tertiary/aromatic N) is 4. The highest BCUT2D eigenvalue weighted by Crippen LogP contribution is 2.25. The molecule has 0 spiro atoms. The van der Waals surface area contributed by atoms with Crippen LogP contribution in [0.4, 0.5) is 0 Å². The smallest absolute Gasteiger partial charge is 0.158 e. The second-order valence-corrected chi connectivity index (χ2v) is 32.9. The summed E-state index contributed by atoms with van der Waals surface area (Å²) >= 11 is 0. The molecule has 0 saturated heterocycles. The van der Waals surface area contributed by atoms with Gasteiger partial charge in [0.25, 0.3) is 0 Å². The Bertz CT molecular complexity index is 882. The van der Waals surface area contributed by atoms with E-state index in [9.17, 15) is 0 Å². The van der Waals surface area contributed by atoms with Crippen molar-refractivity contribution < 1.29 is 0 Å². The van der Waals surface area contributed by atoms with Crippen LogP contribution >= 0.6 is 0 Å². The number of benzene rings is 2. The highest BCUT2D eigenvalue weighted by Gasteiger charge is 2.37. The maximum Gasteiger partial charge on any atom is 0.158 e. The fourth-order valence-electron chi connectivity index (χ4n) is 4.49. The van der Waals surface area contributed by atoms with E-state index in [0.29, 0.717) is 0 Å². The fourth-order valence-corrected chi connectivity index (χ4v) is 22.2. The largest absolute Gasteiger partial charge is 0.349 e. The molecule has 0 N–H and O–H groups in total. The first-order valence-corrected chi connectivity index (χ1v) is 26.1. The van der Waals surface area contributed by atoms with E-state index in [-0.39, 0.29) is 0 Å². The summed E-state index contributed by atoms with van der Waals surface area (Å²) in [6, 6.07) is 21.3. The van der Waals surface area contributed by atoms with Crippen molar-refractivity contribution in [2.75, 3.05) is 0 Å². The molecule has 0 aliphatic rings. The van der Waals surface area contributed by atoms with Crippen molar-refractivity contribution in [3.8, 4) is 0 Å². The minimum Gasteiger partial charge on any atom is -0.349 e. The van der Waals surface area contributed by atoms with Crippen LogP contribution in [0.3, 0.4) is 0 Å². The van der Waals surface area contributed by atoms with Crippen LogP contribution in [0, 0.1) is 0 Å². The van der Waals surface area contributed by atoms with Gasteiger partial charge in [-0.15, -0.1) is 0 Å². The second-order valence-electron chi connectivity index (χ2n) is 12.9. The van der Waals surface area contributed by atoms with Gasteiger partial charge in [-0.05, 0) is 0 Å². The molecule has 2 aromatic carbocycles. The molecule has 0 amide bonds. The first-order chi connectivity index (χ1) is 15.4. The van der Waals surface area contributed by atoms with Crippen LogP contribution in [-0.2, 0) is 0 Å². The Kier molecular flexibility index (Phi) is 8.77. The summed E-state index contributed by atoms with van der Waals surface area (Å²) in [6.07, 6.45) is 0. The molecule has 0 bridgehead atoms. The Labute approximate surface area is 213 Å². The minimum atomic E-state index is -1.72. The Balaban J connectivity index is 2.96. The van der Waals surface area contributed by atoms with Gasteiger partial charge < -0.3 is 8.68 Å². The standard InChI is InChI=1S/C26H46N4Si4/c1-31(2,3)29(32(4,5)6)27-25(23-19-15-13-16-20-23)26(24-21-17-14-18-22-24)28-30(33(7,8)9)34(10,11)12/h13-22H,1-12H3/b27-25+,28-26+. The van der Waals surface area contributed by atoms with Gasteiger partial charge in [-0.25, -0.2) is 0 Å². The van der Waals surface area contributed by atoms with Crippen LogP contribution in [0.5, 0.6) is 0 Å². The van der Waals surface area contributed by atoms with Gasteiger partial charge >= 0.3 is 0 Å². The Morgan fingerprint density at radius 2 is 0.676 bits per heavy atom. The van der Waals surface area contributed by atoms with E-state index in [0.717, 1.165) is 22.6 Å². The Hall–Kier alpha value is -1.75. The monoisotopic (exact) mass is 526 g/mol. The van der Waals surface area contributed by atoms with Crippen molar-refractivity contribution in [3.05, 3.63) is 71.8 Å². The van der Waals surface area contributed by atoms with Gasteiger partial charge in [-0.2, -0.15) is 10.2 Å². The fraction of sp³-hybridized carbons (Fsp3) is 0.462. The second kappa shape index (κ2) is 10.5. The average molecular weight is 527 g/mol. The van der Waals surface area contributed by atoms with Crippen LogP contribution in [0.1, 0.15) is 11.1 Å². The maximum atomic E-state index is 5.53. The van der Waals surface area contributed by atoms with Gasteiger partial charge in [0.15, 0.2) is 32.9 Å². The summed E-state index contributed by atoms with van der Waals surface area (Å²) in [5.74, 6) is 0. The van der Waals surface area contributed by atoms with Crippen LogP contribution < -0.4 is 0 Å². The third-order valence-electron chi connectivity index (χ3n) is 5.26. The Morgan fingerprint density at radius 3 is 0.882 bits per heavy atom. The first kappa shape index (κ1) is 28.5. The quantitative estimate of drug-likeness (QED) is 0.190. The van der Waals surface area contributed by atoms with Crippen molar-refractivity contribution in [3.63, 3.8) is 0 Å². The molecule has 4 nitrogen and oxygen atoms in total. The summed E-state index contributed by atoms with van der Waals surface area (Å²) in [6.45, 7) is 28.8. The highest BCUT2D eigenvalue weighted by molar-refractivity contribution is 6.90. The summed E-state index contributed by atoms with van der Waals surface area (Å²) in [4.78, 5) is 0. The van der Waals surface area contributed by atoms with Crippen molar-refractivity contribution in [2.24, 2.45) is 10.2 Å². The van der Waals surface area contributed by atoms with Crippen molar-refractivity contribution >= 4 is 44.4 Å². The van der Waals surface area contributed by atoms with Gasteiger partial charge in [0.2, 0.25) is 0 Å². The molecular formula is C26H46N4Si4. The van der Waals surface area contributed by atoms with Gasteiger partial charge in [0.05, 0.1) is 0 Å². The third-order valence-corrected chi connectivity index (χ3v) is 18.8. The molecule has 0 atom stereocenters. The predicted octanol–water partition coefficient (Wildman–Crippen LogP) is 7.74. The zero-order chi connectivity index (χ0) is 25.9. The topological polar surface area (TPSA) is 31.2 Å². The molecule has 0 unspecified atom stereocenters. The molecule has 0 saturated carbocycles. The van der Waals surface area contributed by atoms with Crippen LogP contribution in [0.25, 0.3) is 0 Å². The maximum absolute atomic E-state index is 5.53. The average Bonchev–Trinajstić information content (AvgIpc) is 2.67. The zero-order valence-corrected chi connectivity index (χ0v) is 27.6. The molecule has 2 rings (SSSR count). The lowest BCUT2D eigenvalue weighted by molar-refractivity contribution is 0.661. The van der Waals surface area contributed by atoms with Crippen molar-refractivity contribution in [1.29, 1.82) is 0 Å². The lowest BCUT2D eigenvalue weighted by Crippen LogP contribution is -2.57. The zero-order valence-electron chi connectivity index (χ0n) is 23.6. The van der Waals surface area contributed by atoms with E-state index in [4.69, 9.17) is 10.2 Å². The van der Waals surface area contributed by atoms with E-state index in [2.05, 4.69) is 148 Å². The molecule has 2 aromatic rings. The SMILES string of the molecule is C[Si](C)(C)N(/N=C(/C(=N/N([Si](C)(C)C)[Si](C)(C)C)c1ccccc1)c1ccccc1)[Si](C)(C)C. The molecule has 0 aliphatic heterocycles. The molecule has 0 aromatic heterocycles. The molecule has 0 fully saturated rings. The molecular weight excluding hydrogens is 481 g/mol. The first-order valence-electron chi connectivity index (χ1n) is 12.3. The highest BCUT2D eigenvalue weighted by atomic mass is 28.4. The third kappa shape index (κ3) is 7.63. The summed E-state index contributed by atoms with van der Waals surface area (Å²) in [5.41, 5.74) is 4.21. The minimum absolute atomic E-state index is 0.984. The number of hydrogen-bond donors (Lipinski definition) is 0. The van der Waals surface area contributed by atoms with Crippen molar-refractivity contribution in [1.82, 2.24) is 8.68 Å². The predicted molar refractivity (Wildman–Crippen MR) is 163 cm³/mol. The van der Waals surface area contributed by atoms with Gasteiger partial charge in [0, 0.05) is 11.1 Å². The van der Waals surface area contributed by atoms with Gasteiger partial charge in [-0.3, -0.25) is 0 Å². The van der Waals surface area contributed by atoms with Crippen molar-refractivity contribution in [2.45, 2.75) is 78.6 Å². The summed E-state index contributed by atoms with van der Waals surface area (Å²) < 4.78 is 5.02. The number of hydrazone groups is 2. The van der Waals surface area contributed by atoms with Crippen LogP contribution in [-0.4, -0.2) is 53.0 Å². The van der Waals surface area contributed by atoms with Gasteiger partial charge in [-0.1, -0.05) is 139 Å². The van der Waals surface area contributed by atoms with E-state index in [1.54, 1.807) is 0 Å². The van der Waals surface area contributed by atoms with Crippen LogP contribution in [0.15, 0.2) is 70.9 Å². The lowest BCUT2D eigenvalue weighted by Gasteiger charge is -2.43. The molecule has 0 radical (unpaired) electrons. The molecule has 8 heteroatoms. The summed E-state index contributed by atoms with van der Waals surface area (Å²) in [7, 11) is -6.89. The number of rotatable bonds is 9. The lowest BCUT2D eigenvalue weighted by atomic mass is 10.00. The van der Waals surface area contributed by atoms with E-state index in [1.807, 2.05) is 0 Å². The van der Waals surface area contributed by atoms with E-state index < -0.39 is 32.9 Å². The molecule has 0 aliphatic carbocycles. The molecule has 0 heterocycles. The van der Waals surface area contributed by atoms with E-state index >= 15 is 0 Å².